The monoisotopic (exact) mass is 472 g/mol. The molecule has 25 heavy (non-hydrogen) atoms. The summed E-state index contributed by atoms with van der Waals surface area (Å²) < 4.78 is 0. The van der Waals surface area contributed by atoms with Crippen molar-refractivity contribution < 1.29 is 4.79 Å². The Kier molecular flexibility index (Phi) is 10.2. The fraction of sp³-hybridized carbons (Fsp3) is 0.333. The number of nitrogens with one attached hydrogen (secondary N) is 3. The van der Waals surface area contributed by atoms with E-state index in [1.165, 1.54) is 4.88 Å². The Labute approximate surface area is 170 Å². The Morgan fingerprint density at radius 3 is 2.44 bits per heavy atom. The van der Waals surface area contributed by atoms with Crippen LogP contribution in [0.5, 0.6) is 0 Å². The van der Waals surface area contributed by atoms with Crippen LogP contribution in [0.1, 0.15) is 30.2 Å². The molecule has 0 saturated heterocycles. The molecule has 1 heterocycles. The third-order valence-corrected chi connectivity index (χ3v) is 4.28. The molecule has 5 nitrogen and oxygen atoms in total. The summed E-state index contributed by atoms with van der Waals surface area (Å²) in [6.07, 6.45) is 1.40. The van der Waals surface area contributed by atoms with Gasteiger partial charge in [0.15, 0.2) is 5.96 Å². The Morgan fingerprint density at radius 1 is 1.12 bits per heavy atom. The molecule has 0 aliphatic heterocycles. The van der Waals surface area contributed by atoms with Gasteiger partial charge in [0.25, 0.3) is 0 Å². The highest BCUT2D eigenvalue weighted by Gasteiger charge is 2.02. The molecule has 1 aromatic carbocycles. The molecule has 0 spiro atoms. The Balaban J connectivity index is 0.00000312. The van der Waals surface area contributed by atoms with Crippen molar-refractivity contribution in [1.29, 1.82) is 0 Å². The van der Waals surface area contributed by atoms with Crippen molar-refractivity contribution in [3.05, 3.63) is 52.2 Å². The lowest BCUT2D eigenvalue weighted by Crippen LogP contribution is -2.36. The van der Waals surface area contributed by atoms with E-state index in [1.807, 2.05) is 37.3 Å². The van der Waals surface area contributed by atoms with Gasteiger partial charge in [-0.1, -0.05) is 25.1 Å². The molecule has 1 amide bonds. The molecular weight excluding hydrogens is 447 g/mol. The molecule has 0 radical (unpaired) electrons. The fourth-order valence-corrected chi connectivity index (χ4v) is 2.79. The van der Waals surface area contributed by atoms with E-state index < -0.39 is 0 Å². The number of aliphatic imine (C=N–C) groups is 1. The number of benzene rings is 1. The van der Waals surface area contributed by atoms with Crippen LogP contribution in [0.4, 0.5) is 5.69 Å². The number of hydrogen-bond acceptors (Lipinski definition) is 3. The maximum absolute atomic E-state index is 11.6. The average Bonchev–Trinajstić information content (AvgIpc) is 3.10. The zero-order valence-electron chi connectivity index (χ0n) is 14.5. The molecule has 2 aromatic rings. The number of rotatable bonds is 7. The Bertz CT molecular complexity index is 656. The van der Waals surface area contributed by atoms with Crippen molar-refractivity contribution in [3.63, 3.8) is 0 Å². The second-order valence-corrected chi connectivity index (χ2v) is 6.39. The van der Waals surface area contributed by atoms with Crippen molar-refractivity contribution in [3.8, 4) is 0 Å². The quantitative estimate of drug-likeness (QED) is 0.325. The second kappa shape index (κ2) is 11.9. The standard InChI is InChI=1S/C18H24N4OS.HI/c1-3-5-17(23)22-15-9-7-14(8-10-15)12-20-18(19-2)21-13-16-6-4-11-24-16;/h4,6-11H,3,5,12-13H2,1-2H3,(H,22,23)(H2,19,20,21);1H. The number of thiophene rings is 1. The summed E-state index contributed by atoms with van der Waals surface area (Å²) in [7, 11) is 1.76. The highest BCUT2D eigenvalue weighted by atomic mass is 127. The molecule has 136 valence electrons. The number of carbonyl (C=O) groups excluding carboxylic acids is 1. The van der Waals surface area contributed by atoms with Crippen LogP contribution in [-0.4, -0.2) is 18.9 Å². The number of amides is 1. The van der Waals surface area contributed by atoms with Crippen LogP contribution in [-0.2, 0) is 17.9 Å². The van der Waals surface area contributed by atoms with Crippen molar-refractivity contribution in [2.75, 3.05) is 12.4 Å². The third kappa shape index (κ3) is 7.87. The predicted octanol–water partition coefficient (Wildman–Crippen LogP) is 3.97. The van der Waals surface area contributed by atoms with Crippen LogP contribution >= 0.6 is 35.3 Å². The van der Waals surface area contributed by atoms with E-state index in [0.717, 1.165) is 30.2 Å². The lowest BCUT2D eigenvalue weighted by atomic mass is 10.2. The lowest BCUT2D eigenvalue weighted by molar-refractivity contribution is -0.116. The zero-order valence-corrected chi connectivity index (χ0v) is 17.7. The van der Waals surface area contributed by atoms with Crippen LogP contribution in [0.15, 0.2) is 46.8 Å². The van der Waals surface area contributed by atoms with Gasteiger partial charge >= 0.3 is 0 Å². The summed E-state index contributed by atoms with van der Waals surface area (Å²) in [4.78, 5) is 17.1. The van der Waals surface area contributed by atoms with Gasteiger partial charge in [-0.05, 0) is 35.6 Å². The molecule has 0 bridgehead atoms. The first kappa shape index (κ1) is 21.4. The normalized spacial score (nSPS) is 10.7. The largest absolute Gasteiger partial charge is 0.352 e. The molecular formula is C18H25IN4OS. The summed E-state index contributed by atoms with van der Waals surface area (Å²) in [5, 5.41) is 11.5. The topological polar surface area (TPSA) is 65.5 Å². The molecule has 0 saturated carbocycles. The van der Waals surface area contributed by atoms with Crippen LogP contribution < -0.4 is 16.0 Å². The molecule has 2 rings (SSSR count). The van der Waals surface area contributed by atoms with E-state index in [4.69, 9.17) is 0 Å². The van der Waals surface area contributed by atoms with E-state index in [2.05, 4.69) is 32.4 Å². The van der Waals surface area contributed by atoms with Gasteiger partial charge in [-0.25, -0.2) is 0 Å². The number of nitrogens with zero attached hydrogens (tertiary/aromatic N) is 1. The molecule has 0 aliphatic carbocycles. The maximum atomic E-state index is 11.6. The first-order valence-electron chi connectivity index (χ1n) is 8.07. The summed E-state index contributed by atoms with van der Waals surface area (Å²) in [6, 6.07) is 12.0. The first-order valence-corrected chi connectivity index (χ1v) is 8.95. The average molecular weight is 472 g/mol. The minimum absolute atomic E-state index is 0. The number of anilines is 1. The Morgan fingerprint density at radius 2 is 1.84 bits per heavy atom. The molecule has 0 unspecified atom stereocenters. The van der Waals surface area contributed by atoms with Crippen molar-refractivity contribution in [1.82, 2.24) is 10.6 Å². The van der Waals surface area contributed by atoms with Crippen molar-refractivity contribution in [2.24, 2.45) is 4.99 Å². The maximum Gasteiger partial charge on any atom is 0.224 e. The first-order chi connectivity index (χ1) is 11.7. The minimum atomic E-state index is 0. The van der Waals surface area contributed by atoms with Gasteiger partial charge in [-0.2, -0.15) is 0 Å². The van der Waals surface area contributed by atoms with E-state index in [0.29, 0.717) is 13.0 Å². The zero-order chi connectivity index (χ0) is 17.2. The van der Waals surface area contributed by atoms with Crippen molar-refractivity contribution >= 4 is 52.9 Å². The summed E-state index contributed by atoms with van der Waals surface area (Å²) >= 11 is 1.72. The van der Waals surface area contributed by atoms with Gasteiger partial charge in [-0.3, -0.25) is 9.79 Å². The van der Waals surface area contributed by atoms with Gasteiger partial charge in [-0.15, -0.1) is 35.3 Å². The number of hydrogen-bond donors (Lipinski definition) is 3. The van der Waals surface area contributed by atoms with Crippen LogP contribution in [0.25, 0.3) is 0 Å². The highest BCUT2D eigenvalue weighted by molar-refractivity contribution is 14.0. The molecule has 7 heteroatoms. The van der Waals surface area contributed by atoms with Gasteiger partial charge in [0.2, 0.25) is 5.91 Å². The van der Waals surface area contributed by atoms with E-state index in [1.54, 1.807) is 18.4 Å². The van der Waals surface area contributed by atoms with Crippen LogP contribution in [0.2, 0.25) is 0 Å². The molecule has 0 atom stereocenters. The van der Waals surface area contributed by atoms with Crippen molar-refractivity contribution in [2.45, 2.75) is 32.9 Å². The SMILES string of the molecule is CCCC(=O)Nc1ccc(CNC(=NC)NCc2cccs2)cc1.I. The molecule has 0 aliphatic rings. The van der Waals surface area contributed by atoms with E-state index in [-0.39, 0.29) is 29.9 Å². The smallest absolute Gasteiger partial charge is 0.224 e. The Hall–Kier alpha value is -1.61. The van der Waals surface area contributed by atoms with Gasteiger partial charge < -0.3 is 16.0 Å². The summed E-state index contributed by atoms with van der Waals surface area (Å²) in [5.41, 5.74) is 1.96. The highest BCUT2D eigenvalue weighted by Crippen LogP contribution is 2.10. The predicted molar refractivity (Wildman–Crippen MR) is 117 cm³/mol. The number of halogens is 1. The number of carbonyl (C=O) groups is 1. The molecule has 0 fully saturated rings. The minimum Gasteiger partial charge on any atom is -0.352 e. The second-order valence-electron chi connectivity index (χ2n) is 5.35. The van der Waals surface area contributed by atoms with Gasteiger partial charge in [0.1, 0.15) is 0 Å². The van der Waals surface area contributed by atoms with E-state index >= 15 is 0 Å². The lowest BCUT2D eigenvalue weighted by Gasteiger charge is -2.12. The van der Waals surface area contributed by atoms with Crippen LogP contribution in [0, 0.1) is 0 Å². The van der Waals surface area contributed by atoms with Gasteiger partial charge in [0, 0.05) is 30.6 Å². The number of guanidine groups is 1. The van der Waals surface area contributed by atoms with E-state index in [9.17, 15) is 4.79 Å². The van der Waals surface area contributed by atoms with Crippen LogP contribution in [0.3, 0.4) is 0 Å². The summed E-state index contributed by atoms with van der Waals surface area (Å²) in [5.74, 6) is 0.824. The third-order valence-electron chi connectivity index (χ3n) is 3.41. The molecule has 1 aromatic heterocycles. The van der Waals surface area contributed by atoms with Gasteiger partial charge in [0.05, 0.1) is 6.54 Å². The fourth-order valence-electron chi connectivity index (χ4n) is 2.15. The summed E-state index contributed by atoms with van der Waals surface area (Å²) in [6.45, 7) is 3.43. The molecule has 3 N–H and O–H groups in total.